The van der Waals surface area contributed by atoms with E-state index in [2.05, 4.69) is 22.9 Å². The first-order valence-corrected chi connectivity index (χ1v) is 9.65. The summed E-state index contributed by atoms with van der Waals surface area (Å²) in [6, 6.07) is 11.3. The van der Waals surface area contributed by atoms with Crippen molar-refractivity contribution in [3.63, 3.8) is 0 Å². The van der Waals surface area contributed by atoms with E-state index in [0.29, 0.717) is 23.9 Å². The number of ether oxygens (including phenoxy) is 1. The van der Waals surface area contributed by atoms with Gasteiger partial charge in [0.25, 0.3) is 0 Å². The Kier molecular flexibility index (Phi) is 4.67. The summed E-state index contributed by atoms with van der Waals surface area (Å²) in [7, 11) is 0. The largest absolute Gasteiger partial charge is 0.473 e. The monoisotopic (exact) mass is 433 g/mol. The Morgan fingerprint density at radius 2 is 2.08 bits per heavy atom. The molecule has 0 saturated carbocycles. The number of hydrogen-bond donors (Lipinski definition) is 0. The van der Waals surface area contributed by atoms with E-state index in [1.165, 1.54) is 0 Å². The van der Waals surface area contributed by atoms with Gasteiger partial charge in [-0.05, 0) is 42.3 Å². The van der Waals surface area contributed by atoms with Crippen LogP contribution in [0.4, 0.5) is 5.69 Å². The van der Waals surface area contributed by atoms with Gasteiger partial charge in [-0.1, -0.05) is 40.9 Å². The Balaban J connectivity index is 1.82. The maximum atomic E-state index is 12.1. The first-order chi connectivity index (χ1) is 12.6. The molecule has 0 saturated heterocycles. The molecule has 1 aromatic heterocycles. The van der Waals surface area contributed by atoms with Crippen LogP contribution in [0.3, 0.4) is 0 Å². The van der Waals surface area contributed by atoms with Gasteiger partial charge in [-0.15, -0.1) is 0 Å². The highest BCUT2D eigenvalue weighted by atomic mass is 79.9. The lowest BCUT2D eigenvalue weighted by atomic mass is 10.0. The third kappa shape index (κ3) is 3.10. The van der Waals surface area contributed by atoms with Gasteiger partial charge in [-0.25, -0.2) is 4.79 Å². The molecule has 0 spiro atoms. The standard InChI is InChI=1S/C20H17BrClNO3/c1-2-3-12-8-19(24)26-20-14(12)5-7-18-15(20)10-23(11-25-18)17-6-4-13(21)9-16(17)22/h4-9H,2-3,10-11H2,1H3. The molecule has 2 aromatic carbocycles. The maximum Gasteiger partial charge on any atom is 0.336 e. The number of fused-ring (bicyclic) bond motifs is 3. The molecule has 0 amide bonds. The average molecular weight is 435 g/mol. The van der Waals surface area contributed by atoms with Crippen molar-refractivity contribution in [3.05, 3.63) is 67.4 Å². The summed E-state index contributed by atoms with van der Waals surface area (Å²) in [4.78, 5) is 14.1. The molecule has 0 aliphatic carbocycles. The minimum atomic E-state index is -0.326. The molecule has 0 fully saturated rings. The number of aryl methyl sites for hydroxylation is 1. The minimum Gasteiger partial charge on any atom is -0.473 e. The lowest BCUT2D eigenvalue weighted by Gasteiger charge is -2.31. The van der Waals surface area contributed by atoms with Gasteiger partial charge in [0.2, 0.25) is 0 Å². The van der Waals surface area contributed by atoms with Crippen molar-refractivity contribution in [2.75, 3.05) is 11.6 Å². The van der Waals surface area contributed by atoms with E-state index in [0.717, 1.165) is 45.3 Å². The van der Waals surface area contributed by atoms with Gasteiger partial charge in [-0.3, -0.25) is 0 Å². The Hall–Kier alpha value is -1.98. The van der Waals surface area contributed by atoms with Crippen molar-refractivity contribution in [2.45, 2.75) is 26.3 Å². The highest BCUT2D eigenvalue weighted by Crippen LogP contribution is 2.37. The summed E-state index contributed by atoms with van der Waals surface area (Å²) in [5.74, 6) is 0.749. The zero-order valence-electron chi connectivity index (χ0n) is 14.2. The first kappa shape index (κ1) is 17.4. The topological polar surface area (TPSA) is 42.7 Å². The van der Waals surface area contributed by atoms with Crippen molar-refractivity contribution in [1.82, 2.24) is 0 Å². The third-order valence-electron chi connectivity index (χ3n) is 4.55. The zero-order chi connectivity index (χ0) is 18.3. The van der Waals surface area contributed by atoms with Crippen molar-refractivity contribution in [3.8, 4) is 5.75 Å². The van der Waals surface area contributed by atoms with Crippen LogP contribution in [0, 0.1) is 0 Å². The predicted octanol–water partition coefficient (Wildman–Crippen LogP) is 5.52. The zero-order valence-corrected chi connectivity index (χ0v) is 16.6. The van der Waals surface area contributed by atoms with Crippen molar-refractivity contribution in [1.29, 1.82) is 0 Å². The second kappa shape index (κ2) is 6.97. The van der Waals surface area contributed by atoms with Gasteiger partial charge in [0.15, 0.2) is 6.73 Å². The molecule has 134 valence electrons. The Labute approximate surface area is 164 Å². The SMILES string of the molecule is CCCc1cc(=O)oc2c3c(ccc12)OCN(c1ccc(Br)cc1Cl)C3. The molecular weight excluding hydrogens is 418 g/mol. The molecule has 0 unspecified atom stereocenters. The molecule has 0 N–H and O–H groups in total. The van der Waals surface area contributed by atoms with Crippen LogP contribution in [-0.2, 0) is 13.0 Å². The number of anilines is 1. The van der Waals surface area contributed by atoms with Crippen LogP contribution in [0.2, 0.25) is 5.02 Å². The van der Waals surface area contributed by atoms with Crippen LogP contribution < -0.4 is 15.3 Å². The van der Waals surface area contributed by atoms with Gasteiger partial charge in [0, 0.05) is 15.9 Å². The van der Waals surface area contributed by atoms with E-state index in [9.17, 15) is 4.79 Å². The second-order valence-electron chi connectivity index (χ2n) is 6.33. The molecule has 0 atom stereocenters. The lowest BCUT2D eigenvalue weighted by molar-refractivity contribution is 0.289. The summed E-state index contributed by atoms with van der Waals surface area (Å²) in [6.07, 6.45) is 1.80. The molecule has 3 aromatic rings. The molecule has 6 heteroatoms. The van der Waals surface area contributed by atoms with Crippen LogP contribution in [0.5, 0.6) is 5.75 Å². The molecular formula is C20H17BrClNO3. The van der Waals surface area contributed by atoms with Crippen LogP contribution in [0.15, 0.2) is 50.1 Å². The summed E-state index contributed by atoms with van der Waals surface area (Å²) < 4.78 is 12.4. The minimum absolute atomic E-state index is 0.326. The van der Waals surface area contributed by atoms with E-state index in [1.807, 2.05) is 35.2 Å². The van der Waals surface area contributed by atoms with Crippen molar-refractivity contribution < 1.29 is 9.15 Å². The average Bonchev–Trinajstić information content (AvgIpc) is 2.61. The van der Waals surface area contributed by atoms with Crippen molar-refractivity contribution >= 4 is 44.2 Å². The number of halogens is 2. The number of rotatable bonds is 3. The number of benzene rings is 2. The summed E-state index contributed by atoms with van der Waals surface area (Å²) in [5, 5.41) is 1.61. The molecule has 4 rings (SSSR count). The van der Waals surface area contributed by atoms with Crippen LogP contribution >= 0.6 is 27.5 Å². The summed E-state index contributed by atoms with van der Waals surface area (Å²) >= 11 is 9.82. The van der Waals surface area contributed by atoms with Crippen LogP contribution in [-0.4, -0.2) is 6.73 Å². The summed E-state index contributed by atoms with van der Waals surface area (Å²) in [5.41, 5.74) is 3.05. The highest BCUT2D eigenvalue weighted by molar-refractivity contribution is 9.10. The Morgan fingerprint density at radius 1 is 1.23 bits per heavy atom. The van der Waals surface area contributed by atoms with Gasteiger partial charge in [-0.2, -0.15) is 0 Å². The number of hydrogen-bond acceptors (Lipinski definition) is 4. The molecule has 0 radical (unpaired) electrons. The van der Waals surface area contributed by atoms with Crippen molar-refractivity contribution in [2.24, 2.45) is 0 Å². The van der Waals surface area contributed by atoms with Crippen LogP contribution in [0.25, 0.3) is 11.0 Å². The van der Waals surface area contributed by atoms with Gasteiger partial charge in [0.05, 0.1) is 22.8 Å². The van der Waals surface area contributed by atoms with Crippen LogP contribution in [0.1, 0.15) is 24.5 Å². The van der Waals surface area contributed by atoms with Gasteiger partial charge < -0.3 is 14.1 Å². The number of nitrogens with zero attached hydrogens (tertiary/aromatic N) is 1. The highest BCUT2D eigenvalue weighted by Gasteiger charge is 2.23. The van der Waals surface area contributed by atoms with E-state index >= 15 is 0 Å². The fraction of sp³-hybridized carbons (Fsp3) is 0.250. The molecule has 4 nitrogen and oxygen atoms in total. The fourth-order valence-corrected chi connectivity index (χ4v) is 4.16. The Bertz CT molecular complexity index is 1050. The van der Waals surface area contributed by atoms with E-state index in [-0.39, 0.29) is 5.63 Å². The van der Waals surface area contributed by atoms with E-state index in [4.69, 9.17) is 20.8 Å². The molecule has 1 aliphatic heterocycles. The fourth-order valence-electron chi connectivity index (χ4n) is 3.37. The molecule has 2 heterocycles. The van der Waals surface area contributed by atoms with Gasteiger partial charge >= 0.3 is 5.63 Å². The summed E-state index contributed by atoms with van der Waals surface area (Å²) in [6.45, 7) is 3.05. The normalized spacial score (nSPS) is 13.6. The lowest BCUT2D eigenvalue weighted by Crippen LogP contribution is -2.32. The predicted molar refractivity (Wildman–Crippen MR) is 107 cm³/mol. The van der Waals surface area contributed by atoms with E-state index < -0.39 is 0 Å². The maximum absolute atomic E-state index is 12.1. The molecule has 26 heavy (non-hydrogen) atoms. The smallest absolute Gasteiger partial charge is 0.336 e. The third-order valence-corrected chi connectivity index (χ3v) is 5.35. The first-order valence-electron chi connectivity index (χ1n) is 8.48. The Morgan fingerprint density at radius 3 is 2.85 bits per heavy atom. The quantitative estimate of drug-likeness (QED) is 0.509. The van der Waals surface area contributed by atoms with Gasteiger partial charge in [0.1, 0.15) is 11.3 Å². The van der Waals surface area contributed by atoms with E-state index in [1.54, 1.807) is 6.07 Å². The molecule has 0 bridgehead atoms. The molecule has 1 aliphatic rings. The second-order valence-corrected chi connectivity index (χ2v) is 7.65.